The summed E-state index contributed by atoms with van der Waals surface area (Å²) >= 11 is 0. The highest BCUT2D eigenvalue weighted by molar-refractivity contribution is 14.0. The molecule has 1 amide bonds. The number of carbonyl (C=O) groups excluding carboxylic acids is 1. The Morgan fingerprint density at radius 1 is 1.19 bits per heavy atom. The molecule has 3 rings (SSSR count). The number of halogens is 1. The van der Waals surface area contributed by atoms with Gasteiger partial charge in [-0.3, -0.25) is 14.9 Å². The molecule has 1 aromatic heterocycles. The standard InChI is InChI=1S/C21H25N5O4.HI/c1-16(2)14-22-21(23-15-17-5-7-18(8-6-17)26(28)29)25-11-9-24(10-12-25)20(27)19-4-3-13-30-19;/h3-8,13H,1,9-12,14-15H2,2H3,(H,22,23);1H. The first-order valence-electron chi connectivity index (χ1n) is 9.68. The van der Waals surface area contributed by atoms with Gasteiger partial charge < -0.3 is 19.5 Å². The fourth-order valence-electron chi connectivity index (χ4n) is 3.06. The maximum Gasteiger partial charge on any atom is 0.289 e. The van der Waals surface area contributed by atoms with Crippen molar-refractivity contribution in [2.75, 3.05) is 32.7 Å². The molecule has 0 spiro atoms. The number of carbonyl (C=O) groups is 1. The van der Waals surface area contributed by atoms with Crippen LogP contribution in [0.4, 0.5) is 5.69 Å². The highest BCUT2D eigenvalue weighted by Crippen LogP contribution is 2.13. The Bertz CT molecular complexity index is 920. The van der Waals surface area contributed by atoms with Gasteiger partial charge in [-0.15, -0.1) is 24.0 Å². The minimum absolute atomic E-state index is 0. The Kier molecular flexibility index (Phi) is 9.03. The predicted molar refractivity (Wildman–Crippen MR) is 129 cm³/mol. The number of rotatable bonds is 6. The van der Waals surface area contributed by atoms with Gasteiger partial charge in [0.1, 0.15) is 0 Å². The maximum absolute atomic E-state index is 12.4. The van der Waals surface area contributed by atoms with Crippen LogP contribution >= 0.6 is 24.0 Å². The van der Waals surface area contributed by atoms with E-state index in [1.807, 2.05) is 6.92 Å². The van der Waals surface area contributed by atoms with Gasteiger partial charge in [0.25, 0.3) is 11.6 Å². The molecule has 1 aromatic carbocycles. The number of nitro benzene ring substituents is 1. The number of piperazine rings is 1. The lowest BCUT2D eigenvalue weighted by molar-refractivity contribution is -0.384. The highest BCUT2D eigenvalue weighted by atomic mass is 127. The second-order valence-corrected chi connectivity index (χ2v) is 7.13. The van der Waals surface area contributed by atoms with Crippen molar-refractivity contribution >= 4 is 41.5 Å². The van der Waals surface area contributed by atoms with Crippen LogP contribution in [0.1, 0.15) is 23.0 Å². The van der Waals surface area contributed by atoms with Crippen molar-refractivity contribution in [1.82, 2.24) is 15.1 Å². The third-order valence-electron chi connectivity index (χ3n) is 4.71. The van der Waals surface area contributed by atoms with Gasteiger partial charge in [0.05, 0.1) is 17.7 Å². The molecule has 0 saturated carbocycles. The number of furan rings is 1. The number of nitrogens with zero attached hydrogens (tertiary/aromatic N) is 4. The van der Waals surface area contributed by atoms with Crippen LogP contribution in [0.25, 0.3) is 0 Å². The lowest BCUT2D eigenvalue weighted by atomic mass is 10.2. The second-order valence-electron chi connectivity index (χ2n) is 7.13. The molecular weight excluding hydrogens is 513 g/mol. The third-order valence-corrected chi connectivity index (χ3v) is 4.71. The predicted octanol–water partition coefficient (Wildman–Crippen LogP) is 3.29. The molecule has 0 radical (unpaired) electrons. The SMILES string of the molecule is C=C(C)CNC(=NCc1ccc([N+](=O)[O-])cc1)N1CCN(C(=O)c2ccco2)CC1.I. The number of aliphatic imine (C=N–C) groups is 1. The summed E-state index contributed by atoms with van der Waals surface area (Å²) in [4.78, 5) is 31.4. The molecule has 2 heterocycles. The summed E-state index contributed by atoms with van der Waals surface area (Å²) in [6.07, 6.45) is 1.49. The summed E-state index contributed by atoms with van der Waals surface area (Å²) in [5.74, 6) is 0.955. The number of benzene rings is 1. The fraction of sp³-hybridized carbons (Fsp3) is 0.333. The van der Waals surface area contributed by atoms with Crippen LogP contribution < -0.4 is 5.32 Å². The van der Waals surface area contributed by atoms with Crippen LogP contribution in [-0.2, 0) is 6.54 Å². The largest absolute Gasteiger partial charge is 0.459 e. The molecule has 0 atom stereocenters. The van der Waals surface area contributed by atoms with Crippen molar-refractivity contribution in [3.8, 4) is 0 Å². The average molecular weight is 539 g/mol. The Morgan fingerprint density at radius 2 is 1.84 bits per heavy atom. The minimum atomic E-state index is -0.420. The molecule has 0 unspecified atom stereocenters. The first-order chi connectivity index (χ1) is 14.4. The molecule has 1 fully saturated rings. The van der Waals surface area contributed by atoms with Gasteiger partial charge in [-0.2, -0.15) is 0 Å². The lowest BCUT2D eigenvalue weighted by Crippen LogP contribution is -2.54. The van der Waals surface area contributed by atoms with E-state index in [0.29, 0.717) is 45.0 Å². The maximum atomic E-state index is 12.4. The first kappa shape index (κ1) is 24.4. The fourth-order valence-corrected chi connectivity index (χ4v) is 3.06. The molecule has 1 aliphatic heterocycles. The molecule has 2 aromatic rings. The van der Waals surface area contributed by atoms with E-state index < -0.39 is 4.92 Å². The summed E-state index contributed by atoms with van der Waals surface area (Å²) in [5.41, 5.74) is 1.91. The monoisotopic (exact) mass is 539 g/mol. The molecule has 1 aliphatic rings. The third kappa shape index (κ3) is 6.81. The van der Waals surface area contributed by atoms with E-state index in [1.54, 1.807) is 29.2 Å². The number of amides is 1. The van der Waals surface area contributed by atoms with Crippen molar-refractivity contribution in [2.45, 2.75) is 13.5 Å². The van der Waals surface area contributed by atoms with E-state index in [2.05, 4.69) is 21.8 Å². The van der Waals surface area contributed by atoms with E-state index >= 15 is 0 Å². The molecule has 0 bridgehead atoms. The van der Waals surface area contributed by atoms with Crippen LogP contribution in [0.2, 0.25) is 0 Å². The molecule has 166 valence electrons. The van der Waals surface area contributed by atoms with E-state index in [0.717, 1.165) is 17.1 Å². The molecule has 9 nitrogen and oxygen atoms in total. The minimum Gasteiger partial charge on any atom is -0.459 e. The summed E-state index contributed by atoms with van der Waals surface area (Å²) in [6, 6.07) is 9.74. The quantitative estimate of drug-likeness (QED) is 0.151. The second kappa shape index (κ2) is 11.5. The Balaban J connectivity index is 0.00000341. The zero-order valence-corrected chi connectivity index (χ0v) is 19.7. The molecule has 10 heteroatoms. The number of non-ortho nitro benzene ring substituents is 1. The Labute approximate surface area is 198 Å². The number of hydrogen-bond acceptors (Lipinski definition) is 5. The number of nitrogens with one attached hydrogen (secondary N) is 1. The first-order valence-corrected chi connectivity index (χ1v) is 9.68. The van der Waals surface area contributed by atoms with Crippen molar-refractivity contribution in [2.24, 2.45) is 4.99 Å². The van der Waals surface area contributed by atoms with Crippen molar-refractivity contribution in [3.63, 3.8) is 0 Å². The molecule has 1 saturated heterocycles. The lowest BCUT2D eigenvalue weighted by Gasteiger charge is -2.36. The van der Waals surface area contributed by atoms with Crippen LogP contribution in [0.15, 0.2) is 64.2 Å². The van der Waals surface area contributed by atoms with Crippen molar-refractivity contribution in [1.29, 1.82) is 0 Å². The smallest absolute Gasteiger partial charge is 0.289 e. The Morgan fingerprint density at radius 3 is 2.39 bits per heavy atom. The summed E-state index contributed by atoms with van der Waals surface area (Å²) < 4.78 is 5.21. The van der Waals surface area contributed by atoms with Crippen LogP contribution in [-0.4, -0.2) is 59.3 Å². The summed E-state index contributed by atoms with van der Waals surface area (Å²) in [5, 5.41) is 14.1. The van der Waals surface area contributed by atoms with E-state index in [1.165, 1.54) is 18.4 Å². The van der Waals surface area contributed by atoms with E-state index in [9.17, 15) is 14.9 Å². The van der Waals surface area contributed by atoms with Gasteiger partial charge in [0.2, 0.25) is 0 Å². The summed E-state index contributed by atoms with van der Waals surface area (Å²) in [6.45, 7) is 9.22. The van der Waals surface area contributed by atoms with Crippen LogP contribution in [0.5, 0.6) is 0 Å². The van der Waals surface area contributed by atoms with Gasteiger partial charge in [0, 0.05) is 44.9 Å². The zero-order chi connectivity index (χ0) is 21.5. The normalized spacial score (nSPS) is 14.0. The van der Waals surface area contributed by atoms with Gasteiger partial charge in [-0.05, 0) is 24.6 Å². The highest BCUT2D eigenvalue weighted by Gasteiger charge is 2.25. The molecular formula is C21H26IN5O4. The van der Waals surface area contributed by atoms with Crippen LogP contribution in [0, 0.1) is 10.1 Å². The molecule has 1 N–H and O–H groups in total. The topological polar surface area (TPSA) is 104 Å². The number of hydrogen-bond donors (Lipinski definition) is 1. The van der Waals surface area contributed by atoms with Gasteiger partial charge in [0.15, 0.2) is 11.7 Å². The Hall–Kier alpha value is -2.89. The van der Waals surface area contributed by atoms with Crippen molar-refractivity contribution in [3.05, 3.63) is 76.3 Å². The van der Waals surface area contributed by atoms with E-state index in [4.69, 9.17) is 4.42 Å². The summed E-state index contributed by atoms with van der Waals surface area (Å²) in [7, 11) is 0. The molecule has 31 heavy (non-hydrogen) atoms. The zero-order valence-electron chi connectivity index (χ0n) is 17.3. The number of guanidine groups is 1. The van der Waals surface area contributed by atoms with Crippen LogP contribution in [0.3, 0.4) is 0 Å². The van der Waals surface area contributed by atoms with Gasteiger partial charge in [-0.25, -0.2) is 4.99 Å². The number of nitro groups is 1. The van der Waals surface area contributed by atoms with Gasteiger partial charge >= 0.3 is 0 Å². The van der Waals surface area contributed by atoms with Crippen molar-refractivity contribution < 1.29 is 14.1 Å². The van der Waals surface area contributed by atoms with E-state index in [-0.39, 0.29) is 35.6 Å². The molecule has 0 aliphatic carbocycles. The van der Waals surface area contributed by atoms with Gasteiger partial charge in [-0.1, -0.05) is 24.3 Å². The average Bonchev–Trinajstić information content (AvgIpc) is 3.28.